The smallest absolute Gasteiger partial charge is 0.188 e. The second kappa shape index (κ2) is 16.1. The molecule has 11 nitrogen and oxygen atoms in total. The summed E-state index contributed by atoms with van der Waals surface area (Å²) in [5.74, 6) is 6.38. The predicted molar refractivity (Wildman–Crippen MR) is 183 cm³/mol. The van der Waals surface area contributed by atoms with Gasteiger partial charge in [0.1, 0.15) is 34.9 Å². The Morgan fingerprint density at radius 1 is 0.682 bits per heavy atom. The zero-order chi connectivity index (χ0) is 30.7. The highest BCUT2D eigenvalue weighted by Crippen LogP contribution is 2.41. The summed E-state index contributed by atoms with van der Waals surface area (Å²) >= 11 is 3.47. The SMILES string of the molecule is CCCNc1cc(Nc2ncc(C3CCC3)s2)nc(CC)n1.CCc1nc(NCCN)cc(Nc2ncc(C3CCC3)s2)n1. The number of nitrogens with zero attached hydrogens (tertiary/aromatic N) is 6. The van der Waals surface area contributed by atoms with Crippen molar-refractivity contribution in [2.75, 3.05) is 40.9 Å². The molecule has 0 aliphatic heterocycles. The Balaban J connectivity index is 0.000000175. The molecule has 4 aromatic rings. The van der Waals surface area contributed by atoms with Gasteiger partial charge in [-0.3, -0.25) is 0 Å². The van der Waals surface area contributed by atoms with E-state index in [2.05, 4.69) is 65.0 Å². The fraction of sp³-hybridized carbons (Fsp3) is 0.548. The summed E-state index contributed by atoms with van der Waals surface area (Å²) in [5, 5.41) is 15.0. The van der Waals surface area contributed by atoms with Gasteiger partial charge in [-0.2, -0.15) is 0 Å². The molecule has 236 valence electrons. The second-order valence-corrected chi connectivity index (χ2v) is 13.2. The molecule has 44 heavy (non-hydrogen) atoms. The molecule has 4 heterocycles. The van der Waals surface area contributed by atoms with Crippen LogP contribution in [0.1, 0.15) is 99.0 Å². The maximum Gasteiger partial charge on any atom is 0.188 e. The summed E-state index contributed by atoms with van der Waals surface area (Å²) in [4.78, 5) is 29.7. The molecule has 6 rings (SSSR count). The van der Waals surface area contributed by atoms with Gasteiger partial charge in [-0.05, 0) is 43.9 Å². The molecule has 2 fully saturated rings. The van der Waals surface area contributed by atoms with Crippen LogP contribution in [0.25, 0.3) is 0 Å². The van der Waals surface area contributed by atoms with E-state index in [1.54, 1.807) is 22.7 Å². The Kier molecular flexibility index (Phi) is 11.7. The number of aromatic nitrogens is 6. The van der Waals surface area contributed by atoms with Gasteiger partial charge in [-0.25, -0.2) is 29.9 Å². The minimum atomic E-state index is 0.575. The fourth-order valence-corrected chi connectivity index (χ4v) is 6.73. The molecule has 13 heteroatoms. The van der Waals surface area contributed by atoms with Crippen molar-refractivity contribution < 1.29 is 0 Å². The lowest BCUT2D eigenvalue weighted by atomic mass is 9.85. The van der Waals surface area contributed by atoms with E-state index in [0.717, 1.165) is 76.9 Å². The number of rotatable bonds is 14. The molecule has 2 aliphatic carbocycles. The summed E-state index contributed by atoms with van der Waals surface area (Å²) in [6.07, 6.45) is 14.6. The largest absolute Gasteiger partial charge is 0.370 e. The lowest BCUT2D eigenvalue weighted by Crippen LogP contribution is -2.15. The molecule has 4 aromatic heterocycles. The zero-order valence-electron chi connectivity index (χ0n) is 26.0. The van der Waals surface area contributed by atoms with E-state index in [0.29, 0.717) is 19.0 Å². The van der Waals surface area contributed by atoms with Gasteiger partial charge in [0.05, 0.1) is 0 Å². The number of anilines is 6. The van der Waals surface area contributed by atoms with Crippen molar-refractivity contribution in [2.45, 2.75) is 90.4 Å². The molecule has 6 N–H and O–H groups in total. The molecule has 2 saturated carbocycles. The van der Waals surface area contributed by atoms with Crippen molar-refractivity contribution in [2.24, 2.45) is 5.73 Å². The first-order valence-electron chi connectivity index (χ1n) is 16.0. The highest BCUT2D eigenvalue weighted by Gasteiger charge is 2.23. The number of hydrogen-bond acceptors (Lipinski definition) is 13. The highest BCUT2D eigenvalue weighted by molar-refractivity contribution is 7.16. The van der Waals surface area contributed by atoms with E-state index < -0.39 is 0 Å². The van der Waals surface area contributed by atoms with Crippen LogP contribution in [0.4, 0.5) is 33.5 Å². The van der Waals surface area contributed by atoms with E-state index >= 15 is 0 Å². The van der Waals surface area contributed by atoms with Crippen LogP contribution in [0.5, 0.6) is 0 Å². The van der Waals surface area contributed by atoms with E-state index in [9.17, 15) is 0 Å². The third kappa shape index (κ3) is 8.82. The minimum absolute atomic E-state index is 0.575. The normalized spacial score (nSPS) is 14.6. The molecule has 0 saturated heterocycles. The quantitative estimate of drug-likeness (QED) is 0.0956. The lowest BCUT2D eigenvalue weighted by Gasteiger charge is -2.23. The van der Waals surface area contributed by atoms with Crippen molar-refractivity contribution in [3.63, 3.8) is 0 Å². The molecule has 0 radical (unpaired) electrons. The zero-order valence-corrected chi connectivity index (χ0v) is 27.7. The van der Waals surface area contributed by atoms with Gasteiger partial charge < -0.3 is 27.0 Å². The molecular weight excluding hydrogens is 591 g/mol. The van der Waals surface area contributed by atoms with Crippen LogP contribution in [0.2, 0.25) is 0 Å². The Morgan fingerprint density at radius 3 is 1.52 bits per heavy atom. The Morgan fingerprint density at radius 2 is 1.14 bits per heavy atom. The number of nitrogens with one attached hydrogen (secondary N) is 4. The molecule has 2 aliphatic rings. The Bertz CT molecular complexity index is 1350. The van der Waals surface area contributed by atoms with Gasteiger partial charge in [-0.1, -0.05) is 33.6 Å². The molecular formula is C31H45N11S2. The maximum absolute atomic E-state index is 5.53. The summed E-state index contributed by atoms with van der Waals surface area (Å²) in [5.41, 5.74) is 5.53. The third-order valence-electron chi connectivity index (χ3n) is 7.72. The first-order chi connectivity index (χ1) is 21.6. The monoisotopic (exact) mass is 635 g/mol. The average Bonchev–Trinajstić information content (AvgIpc) is 3.62. The first-order valence-corrected chi connectivity index (χ1v) is 17.6. The molecule has 0 unspecified atom stereocenters. The Labute approximate surface area is 268 Å². The average molecular weight is 636 g/mol. The second-order valence-electron chi connectivity index (χ2n) is 11.1. The maximum atomic E-state index is 5.53. The van der Waals surface area contributed by atoms with Gasteiger partial charge in [0, 0.05) is 66.8 Å². The number of hydrogen-bond donors (Lipinski definition) is 5. The van der Waals surface area contributed by atoms with Crippen molar-refractivity contribution in [3.05, 3.63) is 45.9 Å². The molecule has 0 bridgehead atoms. The first kappa shape index (κ1) is 32.0. The summed E-state index contributed by atoms with van der Waals surface area (Å²) in [6.45, 7) is 8.45. The fourth-order valence-electron chi connectivity index (χ4n) is 4.74. The summed E-state index contributed by atoms with van der Waals surface area (Å²) in [6, 6.07) is 3.86. The van der Waals surface area contributed by atoms with Crippen molar-refractivity contribution in [1.82, 2.24) is 29.9 Å². The van der Waals surface area contributed by atoms with E-state index in [-0.39, 0.29) is 0 Å². The van der Waals surface area contributed by atoms with E-state index in [1.807, 2.05) is 31.5 Å². The van der Waals surface area contributed by atoms with Gasteiger partial charge >= 0.3 is 0 Å². The number of thiazole rings is 2. The van der Waals surface area contributed by atoms with Crippen LogP contribution in [0, 0.1) is 0 Å². The molecule has 0 spiro atoms. The Hall–Kier alpha value is -3.42. The van der Waals surface area contributed by atoms with Crippen molar-refractivity contribution >= 4 is 56.2 Å². The molecule has 0 amide bonds. The van der Waals surface area contributed by atoms with Gasteiger partial charge in [0.25, 0.3) is 0 Å². The lowest BCUT2D eigenvalue weighted by molar-refractivity contribution is 0.425. The topological polar surface area (TPSA) is 151 Å². The predicted octanol–water partition coefficient (Wildman–Crippen LogP) is 7.21. The van der Waals surface area contributed by atoms with Crippen LogP contribution in [-0.2, 0) is 12.8 Å². The molecule has 0 atom stereocenters. The van der Waals surface area contributed by atoms with Crippen molar-refractivity contribution in [1.29, 1.82) is 0 Å². The summed E-state index contributed by atoms with van der Waals surface area (Å²) in [7, 11) is 0. The van der Waals surface area contributed by atoms with Crippen LogP contribution >= 0.6 is 22.7 Å². The summed E-state index contributed by atoms with van der Waals surface area (Å²) < 4.78 is 0. The van der Waals surface area contributed by atoms with Gasteiger partial charge in [-0.15, -0.1) is 22.7 Å². The standard InChI is InChI=1S/C16H23N5S.C15H22N6S/c1-3-8-17-14-9-15(20-13(4-2)19-14)21-16-18-10-12(22-16)11-6-5-7-11;1-2-12-19-13(17-7-6-16)8-14(20-12)21-15-18-9-11(22-15)10-4-3-5-10/h9-11H,3-8H2,1-2H3,(H2,17,18,19,20,21);8-10H,2-7,16H2,1H3,(H2,17,18,19,20,21). The van der Waals surface area contributed by atoms with Gasteiger partial charge in [0.2, 0.25) is 0 Å². The van der Waals surface area contributed by atoms with Crippen LogP contribution < -0.4 is 27.0 Å². The van der Waals surface area contributed by atoms with Crippen molar-refractivity contribution in [3.8, 4) is 0 Å². The molecule has 0 aromatic carbocycles. The van der Waals surface area contributed by atoms with Gasteiger partial charge in [0.15, 0.2) is 10.3 Å². The third-order valence-corrected chi connectivity index (χ3v) is 9.87. The minimum Gasteiger partial charge on any atom is -0.370 e. The highest BCUT2D eigenvalue weighted by atomic mass is 32.1. The van der Waals surface area contributed by atoms with Crippen LogP contribution in [0.15, 0.2) is 24.5 Å². The van der Waals surface area contributed by atoms with E-state index in [4.69, 9.17) is 5.73 Å². The van der Waals surface area contributed by atoms with E-state index in [1.165, 1.54) is 48.3 Å². The number of nitrogens with two attached hydrogens (primary N) is 1. The number of aryl methyl sites for hydroxylation is 2. The van der Waals surface area contributed by atoms with Crippen LogP contribution in [0.3, 0.4) is 0 Å². The van der Waals surface area contributed by atoms with Crippen LogP contribution in [-0.4, -0.2) is 49.5 Å².